The van der Waals surface area contributed by atoms with Crippen molar-refractivity contribution in [2.24, 2.45) is 5.73 Å². The predicted octanol–water partition coefficient (Wildman–Crippen LogP) is 1.71. The Balaban J connectivity index is 0.00000264. The molecule has 23 heavy (non-hydrogen) atoms. The van der Waals surface area contributed by atoms with Crippen molar-refractivity contribution in [3.63, 3.8) is 0 Å². The molecule has 1 aliphatic heterocycles. The number of carbonyl (C=O) groups excluding carboxylic acids is 2. The van der Waals surface area contributed by atoms with Crippen molar-refractivity contribution in [3.05, 3.63) is 34.9 Å². The first-order valence-electron chi connectivity index (χ1n) is 7.46. The van der Waals surface area contributed by atoms with Crippen LogP contribution in [0.5, 0.6) is 0 Å². The van der Waals surface area contributed by atoms with Gasteiger partial charge >= 0.3 is 0 Å². The number of amides is 2. The molecule has 5 nitrogen and oxygen atoms in total. The molecule has 2 N–H and O–H groups in total. The van der Waals surface area contributed by atoms with Crippen LogP contribution in [0.15, 0.2) is 24.3 Å². The summed E-state index contributed by atoms with van der Waals surface area (Å²) in [6.45, 7) is 5.24. The van der Waals surface area contributed by atoms with Crippen molar-refractivity contribution >= 4 is 35.8 Å². The first kappa shape index (κ1) is 19.7. The molecule has 0 aromatic heterocycles. The molecule has 1 aromatic rings. The molecule has 0 aliphatic carbocycles. The highest BCUT2D eigenvalue weighted by Gasteiger charge is 2.30. The number of carbonyl (C=O) groups is 2. The number of hydrogen-bond donors (Lipinski definition) is 1. The van der Waals surface area contributed by atoms with Gasteiger partial charge in [-0.15, -0.1) is 12.4 Å². The zero-order valence-corrected chi connectivity index (χ0v) is 14.9. The van der Waals surface area contributed by atoms with Crippen LogP contribution in [0.25, 0.3) is 0 Å². The van der Waals surface area contributed by atoms with E-state index in [1.54, 1.807) is 24.0 Å². The van der Waals surface area contributed by atoms with Crippen LogP contribution in [-0.4, -0.2) is 53.3 Å². The van der Waals surface area contributed by atoms with Gasteiger partial charge in [-0.25, -0.2) is 0 Å². The molecule has 1 heterocycles. The molecule has 2 amide bonds. The molecule has 1 fully saturated rings. The van der Waals surface area contributed by atoms with Crippen LogP contribution in [0.1, 0.15) is 19.4 Å². The quantitative estimate of drug-likeness (QED) is 0.893. The second kappa shape index (κ2) is 8.52. The van der Waals surface area contributed by atoms with Crippen LogP contribution >= 0.6 is 24.0 Å². The van der Waals surface area contributed by atoms with Gasteiger partial charge in [0.1, 0.15) is 0 Å². The summed E-state index contributed by atoms with van der Waals surface area (Å²) in [5.74, 6) is -0.00328. The number of piperazine rings is 1. The molecule has 7 heteroatoms. The monoisotopic (exact) mass is 359 g/mol. The maximum atomic E-state index is 12.5. The largest absolute Gasteiger partial charge is 0.338 e. The van der Waals surface area contributed by atoms with E-state index in [0.717, 1.165) is 5.56 Å². The molecule has 1 aliphatic rings. The fourth-order valence-electron chi connectivity index (χ4n) is 2.74. The maximum Gasteiger partial charge on any atom is 0.239 e. The van der Waals surface area contributed by atoms with Gasteiger partial charge in [0.2, 0.25) is 11.8 Å². The summed E-state index contributed by atoms with van der Waals surface area (Å²) >= 11 is 5.95. The zero-order chi connectivity index (χ0) is 16.3. The molecule has 1 saturated heterocycles. The molecule has 1 unspecified atom stereocenters. The third-order valence-electron chi connectivity index (χ3n) is 3.89. The summed E-state index contributed by atoms with van der Waals surface area (Å²) in [7, 11) is 0. The fraction of sp³-hybridized carbons (Fsp3) is 0.500. The van der Waals surface area contributed by atoms with Crippen molar-refractivity contribution in [1.82, 2.24) is 9.80 Å². The van der Waals surface area contributed by atoms with Gasteiger partial charge < -0.3 is 15.5 Å². The lowest BCUT2D eigenvalue weighted by atomic mass is 10.1. The van der Waals surface area contributed by atoms with Gasteiger partial charge in [-0.05, 0) is 31.5 Å². The third kappa shape index (κ3) is 5.09. The number of hydrogen-bond acceptors (Lipinski definition) is 3. The lowest BCUT2D eigenvalue weighted by Gasteiger charge is -2.40. The normalized spacial score (nSPS) is 19.0. The van der Waals surface area contributed by atoms with E-state index in [4.69, 9.17) is 17.3 Å². The van der Waals surface area contributed by atoms with Crippen LogP contribution < -0.4 is 5.73 Å². The molecule has 0 saturated carbocycles. The Hall–Kier alpha value is -1.30. The van der Waals surface area contributed by atoms with Crippen molar-refractivity contribution in [2.75, 3.05) is 19.6 Å². The van der Waals surface area contributed by atoms with Gasteiger partial charge in [-0.2, -0.15) is 0 Å². The Morgan fingerprint density at radius 1 is 1.39 bits per heavy atom. The third-order valence-corrected chi connectivity index (χ3v) is 4.13. The van der Waals surface area contributed by atoms with E-state index in [9.17, 15) is 9.59 Å². The van der Waals surface area contributed by atoms with Crippen molar-refractivity contribution in [1.29, 1.82) is 0 Å². The molecule has 2 rings (SSSR count). The molecule has 0 bridgehead atoms. The van der Waals surface area contributed by atoms with Crippen LogP contribution in [0, 0.1) is 0 Å². The SMILES string of the molecule is CC1CN(C(=O)[C@@H](C)N)CCN1C(=O)Cc1cccc(Cl)c1.Cl. The van der Waals surface area contributed by atoms with E-state index in [1.165, 1.54) is 0 Å². The Kier molecular flexibility index (Phi) is 7.32. The topological polar surface area (TPSA) is 66.6 Å². The first-order chi connectivity index (χ1) is 10.4. The number of rotatable bonds is 3. The summed E-state index contributed by atoms with van der Waals surface area (Å²) in [5.41, 5.74) is 6.54. The van der Waals surface area contributed by atoms with E-state index in [0.29, 0.717) is 31.1 Å². The van der Waals surface area contributed by atoms with E-state index >= 15 is 0 Å². The number of nitrogens with zero attached hydrogens (tertiary/aromatic N) is 2. The van der Waals surface area contributed by atoms with Crippen LogP contribution in [0.4, 0.5) is 0 Å². The van der Waals surface area contributed by atoms with Gasteiger partial charge in [-0.3, -0.25) is 9.59 Å². The van der Waals surface area contributed by atoms with Crippen LogP contribution in [-0.2, 0) is 16.0 Å². The van der Waals surface area contributed by atoms with E-state index in [2.05, 4.69) is 0 Å². The van der Waals surface area contributed by atoms with Gasteiger partial charge in [0, 0.05) is 30.7 Å². The highest BCUT2D eigenvalue weighted by molar-refractivity contribution is 6.30. The van der Waals surface area contributed by atoms with Gasteiger partial charge in [0.25, 0.3) is 0 Å². The molecular weight excluding hydrogens is 337 g/mol. The Morgan fingerprint density at radius 2 is 2.09 bits per heavy atom. The molecule has 1 aromatic carbocycles. The van der Waals surface area contributed by atoms with Crippen LogP contribution in [0.3, 0.4) is 0 Å². The summed E-state index contributed by atoms with van der Waals surface area (Å²) < 4.78 is 0. The maximum absolute atomic E-state index is 12.5. The first-order valence-corrected chi connectivity index (χ1v) is 7.84. The molecular formula is C16H23Cl2N3O2. The average Bonchev–Trinajstić information content (AvgIpc) is 2.46. The number of nitrogens with two attached hydrogens (primary N) is 1. The fourth-order valence-corrected chi connectivity index (χ4v) is 2.95. The Bertz CT molecular complexity index is 566. The van der Waals surface area contributed by atoms with E-state index in [-0.39, 0.29) is 30.3 Å². The predicted molar refractivity (Wildman–Crippen MR) is 93.8 cm³/mol. The highest BCUT2D eigenvalue weighted by atomic mass is 35.5. The summed E-state index contributed by atoms with van der Waals surface area (Å²) in [5, 5.41) is 0.630. The minimum absolute atomic E-state index is 0. The second-order valence-corrected chi connectivity index (χ2v) is 6.25. The Morgan fingerprint density at radius 3 is 2.65 bits per heavy atom. The Labute approximate surface area is 148 Å². The lowest BCUT2D eigenvalue weighted by Crippen LogP contribution is -2.57. The minimum Gasteiger partial charge on any atom is -0.338 e. The van der Waals surface area contributed by atoms with Crippen molar-refractivity contribution in [2.45, 2.75) is 32.4 Å². The highest BCUT2D eigenvalue weighted by Crippen LogP contribution is 2.15. The van der Waals surface area contributed by atoms with E-state index < -0.39 is 6.04 Å². The molecule has 128 valence electrons. The smallest absolute Gasteiger partial charge is 0.239 e. The van der Waals surface area contributed by atoms with Gasteiger partial charge in [0.15, 0.2) is 0 Å². The van der Waals surface area contributed by atoms with E-state index in [1.807, 2.05) is 24.0 Å². The average molecular weight is 360 g/mol. The molecule has 0 radical (unpaired) electrons. The molecule has 0 spiro atoms. The van der Waals surface area contributed by atoms with Crippen LogP contribution in [0.2, 0.25) is 5.02 Å². The minimum atomic E-state index is -0.499. The summed E-state index contributed by atoms with van der Waals surface area (Å²) in [6, 6.07) is 6.82. The zero-order valence-electron chi connectivity index (χ0n) is 13.4. The summed E-state index contributed by atoms with van der Waals surface area (Å²) in [6.07, 6.45) is 0.326. The second-order valence-electron chi connectivity index (χ2n) is 5.82. The molecule has 2 atom stereocenters. The summed E-state index contributed by atoms with van der Waals surface area (Å²) in [4.78, 5) is 27.9. The van der Waals surface area contributed by atoms with Gasteiger partial charge in [0.05, 0.1) is 12.5 Å². The standard InChI is InChI=1S/C16H22ClN3O2.ClH/c1-11-10-19(16(22)12(2)18)6-7-20(11)15(21)9-13-4-3-5-14(17)8-13;/h3-5,8,11-12H,6-7,9-10,18H2,1-2H3;1H/t11?,12-;/m1./s1. The number of halogens is 2. The lowest BCUT2D eigenvalue weighted by molar-refractivity contribution is -0.142. The van der Waals surface area contributed by atoms with Crippen molar-refractivity contribution < 1.29 is 9.59 Å². The number of benzene rings is 1. The van der Waals surface area contributed by atoms with Gasteiger partial charge in [-0.1, -0.05) is 23.7 Å². The van der Waals surface area contributed by atoms with Crippen molar-refractivity contribution in [3.8, 4) is 0 Å².